The molecule has 0 saturated carbocycles. The van der Waals surface area contributed by atoms with Gasteiger partial charge in [0.15, 0.2) is 0 Å². The number of amidine groups is 1. The van der Waals surface area contributed by atoms with E-state index in [1.165, 1.54) is 18.6 Å². The molecular formula is C34H38Cl2F2N4O2. The van der Waals surface area contributed by atoms with Gasteiger partial charge in [0.05, 0.1) is 18.2 Å². The molecule has 10 heteroatoms. The third kappa shape index (κ3) is 10.9. The number of rotatable bonds is 10. The molecule has 0 radical (unpaired) electrons. The Morgan fingerprint density at radius 1 is 1.14 bits per heavy atom. The lowest BCUT2D eigenvalue weighted by molar-refractivity contribution is -0.105. The van der Waals surface area contributed by atoms with E-state index >= 15 is 0 Å². The van der Waals surface area contributed by atoms with Gasteiger partial charge in [0.2, 0.25) is 6.41 Å². The number of amides is 1. The number of nitrogens with one attached hydrogen (secondary N) is 1. The number of alkyl halides is 2. The van der Waals surface area contributed by atoms with Gasteiger partial charge in [-0.3, -0.25) is 9.79 Å². The Labute approximate surface area is 268 Å². The van der Waals surface area contributed by atoms with Crippen LogP contribution in [0.15, 0.2) is 108 Å². The SMILES string of the molecule is C=C/C(Cl)=C\C=C\C1C(c2ccc(Cl)cc2)N=C(c2ccc(C(F)F)cc2OCC)N1C.CCC.O=CNc1ccccn1. The average molecular weight is 644 g/mol. The number of carbonyl (C=O) groups excluding carboxylic acids is 1. The minimum atomic E-state index is -2.58. The van der Waals surface area contributed by atoms with Gasteiger partial charge in [-0.15, -0.1) is 0 Å². The lowest BCUT2D eigenvalue weighted by atomic mass is 9.99. The molecule has 1 amide bonds. The Morgan fingerprint density at radius 2 is 1.84 bits per heavy atom. The number of halogens is 4. The maximum atomic E-state index is 13.2. The molecule has 6 nitrogen and oxygen atoms in total. The van der Waals surface area contributed by atoms with Crippen LogP contribution in [0.5, 0.6) is 5.75 Å². The number of aliphatic imine (C=N–C) groups is 1. The molecule has 0 bridgehead atoms. The quantitative estimate of drug-likeness (QED) is 0.177. The highest BCUT2D eigenvalue weighted by atomic mass is 35.5. The Hall–Kier alpha value is -4.01. The van der Waals surface area contributed by atoms with Gasteiger partial charge >= 0.3 is 0 Å². The smallest absolute Gasteiger partial charge is 0.263 e. The Balaban J connectivity index is 0.000000471. The monoisotopic (exact) mass is 642 g/mol. The standard InChI is InChI=1S/C25H24Cl2F2N2O.C6H6N2O.C3H8/c1-4-18(26)7-6-8-21-23(16-9-12-19(27)13-10-16)30-25(31(21)3)20-14-11-17(24(28)29)15-22(20)32-5-2;9-5-8-6-3-1-2-4-7-6;1-3-2/h4,6-15,21,23-24H,1,5H2,2-3H3;1-5H,(H,7,8,9);3H2,1-2H3/b8-6+,18-7+;;. The molecule has 2 heterocycles. The number of anilines is 1. The van der Waals surface area contributed by atoms with E-state index in [1.54, 1.807) is 42.6 Å². The van der Waals surface area contributed by atoms with Crippen molar-refractivity contribution in [3.05, 3.63) is 124 Å². The van der Waals surface area contributed by atoms with Crippen LogP contribution in [0.4, 0.5) is 14.6 Å². The minimum Gasteiger partial charge on any atom is -0.493 e. The third-order valence-corrected chi connectivity index (χ3v) is 6.54. The van der Waals surface area contributed by atoms with Crippen molar-refractivity contribution in [1.82, 2.24) is 9.88 Å². The molecule has 2 atom stereocenters. The van der Waals surface area contributed by atoms with E-state index in [2.05, 4.69) is 30.7 Å². The highest BCUT2D eigenvalue weighted by Gasteiger charge is 2.35. The summed E-state index contributed by atoms with van der Waals surface area (Å²) in [7, 11) is 1.92. The van der Waals surface area contributed by atoms with Crippen molar-refractivity contribution in [2.75, 3.05) is 19.0 Å². The molecule has 0 fully saturated rings. The van der Waals surface area contributed by atoms with Gasteiger partial charge in [-0.25, -0.2) is 13.8 Å². The van der Waals surface area contributed by atoms with Crippen molar-refractivity contribution in [3.8, 4) is 5.75 Å². The first kappa shape index (κ1) is 36.2. The van der Waals surface area contributed by atoms with E-state index in [1.807, 2.05) is 55.3 Å². The highest BCUT2D eigenvalue weighted by Crippen LogP contribution is 2.37. The molecular weight excluding hydrogens is 605 g/mol. The van der Waals surface area contributed by atoms with Crippen LogP contribution >= 0.6 is 23.2 Å². The van der Waals surface area contributed by atoms with E-state index in [4.69, 9.17) is 32.9 Å². The van der Waals surface area contributed by atoms with Gasteiger partial charge in [0.25, 0.3) is 6.43 Å². The second-order valence-electron chi connectivity index (χ2n) is 9.36. The molecule has 2 aromatic carbocycles. The second-order valence-corrected chi connectivity index (χ2v) is 10.2. The molecule has 1 aliphatic heterocycles. The van der Waals surface area contributed by atoms with Crippen LogP contribution in [-0.4, -0.2) is 41.8 Å². The molecule has 1 aromatic heterocycles. The van der Waals surface area contributed by atoms with Crippen LogP contribution in [0, 0.1) is 0 Å². The summed E-state index contributed by atoms with van der Waals surface area (Å²) < 4.78 is 32.2. The summed E-state index contributed by atoms with van der Waals surface area (Å²) in [6.07, 6.45) is 8.05. The lowest BCUT2D eigenvalue weighted by Crippen LogP contribution is -2.33. The van der Waals surface area contributed by atoms with Gasteiger partial charge in [-0.1, -0.05) is 92.5 Å². The van der Waals surface area contributed by atoms with Crippen molar-refractivity contribution in [2.45, 2.75) is 45.7 Å². The van der Waals surface area contributed by atoms with Crippen LogP contribution in [0.25, 0.3) is 0 Å². The van der Waals surface area contributed by atoms with Gasteiger partial charge in [-0.2, -0.15) is 0 Å². The predicted octanol–water partition coefficient (Wildman–Crippen LogP) is 9.41. The van der Waals surface area contributed by atoms with Crippen LogP contribution < -0.4 is 10.1 Å². The number of carbonyl (C=O) groups is 1. The molecule has 1 N–H and O–H groups in total. The molecule has 44 heavy (non-hydrogen) atoms. The van der Waals surface area contributed by atoms with E-state index in [0.29, 0.717) is 46.0 Å². The minimum absolute atomic E-state index is 0.0895. The number of allylic oxidation sites excluding steroid dienone is 4. The van der Waals surface area contributed by atoms with Crippen molar-refractivity contribution in [1.29, 1.82) is 0 Å². The fourth-order valence-electron chi connectivity index (χ4n) is 4.05. The normalized spacial score (nSPS) is 16.0. The zero-order chi connectivity index (χ0) is 32.5. The summed E-state index contributed by atoms with van der Waals surface area (Å²) >= 11 is 12.1. The van der Waals surface area contributed by atoms with Crippen LogP contribution in [-0.2, 0) is 4.79 Å². The van der Waals surface area contributed by atoms with E-state index in [0.717, 1.165) is 5.56 Å². The lowest BCUT2D eigenvalue weighted by Gasteiger charge is -2.25. The number of benzene rings is 2. The fraction of sp³-hybridized carbons (Fsp3) is 0.265. The van der Waals surface area contributed by atoms with Gasteiger partial charge in [0, 0.05) is 28.9 Å². The van der Waals surface area contributed by atoms with Gasteiger partial charge in [0.1, 0.15) is 23.4 Å². The largest absolute Gasteiger partial charge is 0.493 e. The fourth-order valence-corrected chi connectivity index (χ4v) is 4.25. The molecule has 0 spiro atoms. The third-order valence-electron chi connectivity index (χ3n) is 6.01. The first-order chi connectivity index (χ1) is 21.2. The van der Waals surface area contributed by atoms with E-state index < -0.39 is 6.43 Å². The van der Waals surface area contributed by atoms with E-state index in [-0.39, 0.29) is 17.6 Å². The number of likely N-dealkylation sites (N-methyl/N-ethyl adjacent to an activating group) is 1. The zero-order valence-corrected chi connectivity index (χ0v) is 26.8. The number of pyridine rings is 1. The number of nitrogens with zero attached hydrogens (tertiary/aromatic N) is 3. The average Bonchev–Trinajstić information content (AvgIpc) is 3.34. The maximum absolute atomic E-state index is 13.2. The van der Waals surface area contributed by atoms with Crippen molar-refractivity contribution < 1.29 is 18.3 Å². The molecule has 1 aliphatic rings. The Morgan fingerprint density at radius 3 is 2.41 bits per heavy atom. The predicted molar refractivity (Wildman–Crippen MR) is 178 cm³/mol. The Kier molecular flexibility index (Phi) is 15.9. The van der Waals surface area contributed by atoms with Crippen molar-refractivity contribution in [2.24, 2.45) is 4.99 Å². The summed E-state index contributed by atoms with van der Waals surface area (Å²) in [5.74, 6) is 1.61. The summed E-state index contributed by atoms with van der Waals surface area (Å²) in [4.78, 5) is 20.6. The zero-order valence-electron chi connectivity index (χ0n) is 25.3. The maximum Gasteiger partial charge on any atom is 0.263 e. The number of hydrogen-bond donors (Lipinski definition) is 1. The first-order valence-corrected chi connectivity index (χ1v) is 14.8. The van der Waals surface area contributed by atoms with E-state index in [9.17, 15) is 13.6 Å². The summed E-state index contributed by atoms with van der Waals surface area (Å²) in [5, 5.41) is 3.57. The molecule has 0 saturated heterocycles. The number of ether oxygens (including phenoxy) is 1. The van der Waals surface area contributed by atoms with Crippen LogP contribution in [0.2, 0.25) is 5.02 Å². The summed E-state index contributed by atoms with van der Waals surface area (Å²) in [6.45, 7) is 10.1. The molecule has 4 rings (SSSR count). The van der Waals surface area contributed by atoms with Crippen LogP contribution in [0.3, 0.4) is 0 Å². The number of hydrogen-bond acceptors (Lipinski definition) is 5. The second kappa shape index (κ2) is 19.3. The highest BCUT2D eigenvalue weighted by molar-refractivity contribution is 6.31. The Bertz CT molecular complexity index is 1410. The van der Waals surface area contributed by atoms with Gasteiger partial charge in [-0.05, 0) is 55.0 Å². The van der Waals surface area contributed by atoms with Crippen molar-refractivity contribution in [3.63, 3.8) is 0 Å². The molecule has 234 valence electrons. The summed E-state index contributed by atoms with van der Waals surface area (Å²) in [6, 6.07) is 16.9. The first-order valence-electron chi connectivity index (χ1n) is 14.1. The topological polar surface area (TPSA) is 66.8 Å². The molecule has 3 aromatic rings. The van der Waals surface area contributed by atoms with Gasteiger partial charge < -0.3 is 15.0 Å². The number of aromatic nitrogens is 1. The summed E-state index contributed by atoms with van der Waals surface area (Å²) in [5.41, 5.74) is 1.55. The molecule has 0 aliphatic carbocycles. The van der Waals surface area contributed by atoms with Crippen molar-refractivity contribution >= 4 is 41.3 Å². The molecule has 2 unspecified atom stereocenters. The van der Waals surface area contributed by atoms with Crippen LogP contribution in [0.1, 0.15) is 56.3 Å².